The Morgan fingerprint density at radius 3 is 3.08 bits per heavy atom. The Bertz CT molecular complexity index is 330. The number of rotatable bonds is 3. The standard InChI is InChI=1S/C10H12BrNO/c1-8(13)12-6-5-9-3-2-4-10(11)7-9/h2-4,7H,5-6H2,1H3,(H,12,13)/i5D. The van der Waals surface area contributed by atoms with Crippen molar-refractivity contribution >= 4 is 21.8 Å². The molecule has 0 saturated heterocycles. The topological polar surface area (TPSA) is 29.1 Å². The number of amides is 1. The van der Waals surface area contributed by atoms with Crippen molar-refractivity contribution in [2.45, 2.75) is 13.3 Å². The van der Waals surface area contributed by atoms with Crippen molar-refractivity contribution in [3.05, 3.63) is 34.3 Å². The van der Waals surface area contributed by atoms with Crippen LogP contribution in [-0.4, -0.2) is 12.5 Å². The van der Waals surface area contributed by atoms with Crippen molar-refractivity contribution < 1.29 is 6.17 Å². The Balaban J connectivity index is 2.60. The van der Waals surface area contributed by atoms with Crippen molar-refractivity contribution in [3.63, 3.8) is 0 Å². The number of hydrogen-bond donors (Lipinski definition) is 1. The summed E-state index contributed by atoms with van der Waals surface area (Å²) in [6, 6.07) is 7.56. The first-order valence-electron chi connectivity index (χ1n) is 4.59. The van der Waals surface area contributed by atoms with Gasteiger partial charge in [-0.1, -0.05) is 28.1 Å². The van der Waals surface area contributed by atoms with Gasteiger partial charge in [0.25, 0.3) is 0 Å². The Labute approximate surface area is 87.9 Å². The quantitative estimate of drug-likeness (QED) is 0.865. The average molecular weight is 243 g/mol. The van der Waals surface area contributed by atoms with Gasteiger partial charge in [0.2, 0.25) is 5.91 Å². The maximum absolute atomic E-state index is 10.6. The monoisotopic (exact) mass is 242 g/mol. The molecule has 1 rings (SSSR count). The molecule has 0 aliphatic heterocycles. The summed E-state index contributed by atoms with van der Waals surface area (Å²) in [5, 5.41) is 2.62. The lowest BCUT2D eigenvalue weighted by atomic mass is 10.1. The fourth-order valence-electron chi connectivity index (χ4n) is 0.946. The van der Waals surface area contributed by atoms with E-state index in [1.54, 1.807) is 0 Å². The minimum atomic E-state index is -0.406. The lowest BCUT2D eigenvalue weighted by Gasteiger charge is -2.02. The van der Waals surface area contributed by atoms with Gasteiger partial charge < -0.3 is 5.32 Å². The molecule has 1 amide bonds. The smallest absolute Gasteiger partial charge is 0.216 e. The van der Waals surface area contributed by atoms with Gasteiger partial charge in [0.05, 0.1) is 0 Å². The molecule has 0 heterocycles. The van der Waals surface area contributed by atoms with E-state index in [1.807, 2.05) is 24.3 Å². The van der Waals surface area contributed by atoms with Gasteiger partial charge in [0, 0.05) is 19.3 Å². The lowest BCUT2D eigenvalue weighted by molar-refractivity contribution is -0.118. The number of nitrogens with one attached hydrogen (secondary N) is 1. The third-order valence-corrected chi connectivity index (χ3v) is 2.03. The highest BCUT2D eigenvalue weighted by molar-refractivity contribution is 9.10. The summed E-state index contributed by atoms with van der Waals surface area (Å²) in [5.74, 6) is -0.0998. The average Bonchev–Trinajstić information content (AvgIpc) is 2.14. The third-order valence-electron chi connectivity index (χ3n) is 1.54. The molecule has 0 radical (unpaired) electrons. The predicted octanol–water partition coefficient (Wildman–Crippen LogP) is 2.13. The van der Waals surface area contributed by atoms with Crippen LogP contribution in [0.1, 0.15) is 13.9 Å². The number of benzene rings is 1. The molecule has 70 valence electrons. The molecule has 0 bridgehead atoms. The number of hydrogen-bond acceptors (Lipinski definition) is 1. The third kappa shape index (κ3) is 4.08. The van der Waals surface area contributed by atoms with Crippen LogP contribution in [0.4, 0.5) is 0 Å². The van der Waals surface area contributed by atoms with Crippen molar-refractivity contribution in [1.29, 1.82) is 0 Å². The van der Waals surface area contributed by atoms with Crippen LogP contribution in [0.5, 0.6) is 0 Å². The highest BCUT2D eigenvalue weighted by Gasteiger charge is 1.94. The van der Waals surface area contributed by atoms with Gasteiger partial charge in [-0.25, -0.2) is 0 Å². The van der Waals surface area contributed by atoms with E-state index < -0.39 is 6.40 Å². The van der Waals surface area contributed by atoms with Gasteiger partial charge >= 0.3 is 0 Å². The summed E-state index contributed by atoms with van der Waals surface area (Å²) >= 11 is 3.34. The van der Waals surface area contributed by atoms with Gasteiger partial charge in [-0.15, -0.1) is 0 Å². The van der Waals surface area contributed by atoms with E-state index in [-0.39, 0.29) is 5.91 Å². The zero-order valence-corrected chi connectivity index (χ0v) is 8.97. The molecule has 1 aromatic carbocycles. The molecule has 1 N–H and O–H groups in total. The highest BCUT2D eigenvalue weighted by atomic mass is 79.9. The molecule has 3 heteroatoms. The fourth-order valence-corrected chi connectivity index (χ4v) is 1.36. The first-order valence-corrected chi connectivity index (χ1v) is 4.81. The first-order chi connectivity index (χ1) is 6.59. The molecule has 1 aromatic rings. The maximum Gasteiger partial charge on any atom is 0.216 e. The SMILES string of the molecule is [2H]C(CNC(C)=O)c1cccc(Br)c1. The second-order valence-corrected chi connectivity index (χ2v) is 3.61. The highest BCUT2D eigenvalue weighted by Crippen LogP contribution is 2.11. The number of halogens is 1. The zero-order valence-electron chi connectivity index (χ0n) is 8.38. The van der Waals surface area contributed by atoms with Gasteiger partial charge in [-0.05, 0) is 24.1 Å². The summed E-state index contributed by atoms with van der Waals surface area (Å²) in [6.45, 7) is 1.80. The number of carbonyl (C=O) groups is 1. The van der Waals surface area contributed by atoms with Crippen LogP contribution >= 0.6 is 15.9 Å². The Hall–Kier alpha value is -0.830. The summed E-state index contributed by atoms with van der Waals surface area (Å²) in [7, 11) is 0. The van der Waals surface area contributed by atoms with Crippen LogP contribution in [0.2, 0.25) is 0 Å². The second kappa shape index (κ2) is 5.02. The zero-order chi connectivity index (χ0) is 10.6. The van der Waals surface area contributed by atoms with Crippen LogP contribution in [0.15, 0.2) is 28.7 Å². The normalized spacial score (nSPS) is 13.2. The Morgan fingerprint density at radius 2 is 2.46 bits per heavy atom. The van der Waals surface area contributed by atoms with Crippen molar-refractivity contribution in [2.24, 2.45) is 0 Å². The minimum absolute atomic E-state index is 0.0998. The summed E-state index contributed by atoms with van der Waals surface area (Å²) in [6.07, 6.45) is -0.406. The van der Waals surface area contributed by atoms with Crippen LogP contribution < -0.4 is 5.32 Å². The molecule has 0 aromatic heterocycles. The second-order valence-electron chi connectivity index (χ2n) is 2.70. The van der Waals surface area contributed by atoms with E-state index in [9.17, 15) is 4.79 Å². The van der Waals surface area contributed by atoms with Crippen LogP contribution in [0.25, 0.3) is 0 Å². The molecule has 2 nitrogen and oxygen atoms in total. The molecule has 0 fully saturated rings. The van der Waals surface area contributed by atoms with Gasteiger partial charge in [-0.3, -0.25) is 4.79 Å². The van der Waals surface area contributed by atoms with E-state index in [0.29, 0.717) is 6.54 Å². The van der Waals surface area contributed by atoms with Crippen LogP contribution in [0.3, 0.4) is 0 Å². The Morgan fingerprint density at radius 1 is 1.69 bits per heavy atom. The van der Waals surface area contributed by atoms with Crippen molar-refractivity contribution in [1.82, 2.24) is 5.32 Å². The van der Waals surface area contributed by atoms with E-state index in [2.05, 4.69) is 21.2 Å². The lowest BCUT2D eigenvalue weighted by Crippen LogP contribution is -2.22. The summed E-state index contributed by atoms with van der Waals surface area (Å²) in [4.78, 5) is 10.6. The number of carbonyl (C=O) groups excluding carboxylic acids is 1. The minimum Gasteiger partial charge on any atom is -0.356 e. The van der Waals surface area contributed by atoms with E-state index in [0.717, 1.165) is 10.0 Å². The molecule has 13 heavy (non-hydrogen) atoms. The van der Waals surface area contributed by atoms with Crippen molar-refractivity contribution in [2.75, 3.05) is 6.54 Å². The summed E-state index contributed by atoms with van der Waals surface area (Å²) in [5.41, 5.74) is 0.896. The molecule has 1 atom stereocenters. The molecular formula is C10H12BrNO. The molecule has 1 unspecified atom stereocenters. The molecule has 0 aliphatic carbocycles. The summed E-state index contributed by atoms with van der Waals surface area (Å²) < 4.78 is 8.72. The first kappa shape index (κ1) is 8.75. The van der Waals surface area contributed by atoms with E-state index in [1.165, 1.54) is 6.92 Å². The maximum atomic E-state index is 10.6. The van der Waals surface area contributed by atoms with E-state index >= 15 is 0 Å². The van der Waals surface area contributed by atoms with Gasteiger partial charge in [-0.2, -0.15) is 0 Å². The molecular weight excluding hydrogens is 230 g/mol. The van der Waals surface area contributed by atoms with Gasteiger partial charge in [0.1, 0.15) is 0 Å². The van der Waals surface area contributed by atoms with Crippen LogP contribution in [-0.2, 0) is 11.2 Å². The predicted molar refractivity (Wildman–Crippen MR) is 56.5 cm³/mol. The molecule has 0 aliphatic rings. The fraction of sp³-hybridized carbons (Fsp3) is 0.300. The Kier molecular flexibility index (Phi) is 3.38. The molecule has 0 spiro atoms. The molecule has 0 saturated carbocycles. The van der Waals surface area contributed by atoms with E-state index in [4.69, 9.17) is 1.37 Å². The largest absolute Gasteiger partial charge is 0.356 e. The van der Waals surface area contributed by atoms with Crippen LogP contribution in [0, 0.1) is 0 Å². The van der Waals surface area contributed by atoms with Gasteiger partial charge in [0.15, 0.2) is 0 Å². The van der Waals surface area contributed by atoms with Crippen molar-refractivity contribution in [3.8, 4) is 0 Å².